The summed E-state index contributed by atoms with van der Waals surface area (Å²) in [6.07, 6.45) is 0. The summed E-state index contributed by atoms with van der Waals surface area (Å²) in [5, 5.41) is 11.6. The zero-order valence-electron chi connectivity index (χ0n) is 12.1. The number of aryl methyl sites for hydroxylation is 1. The molecule has 0 radical (unpaired) electrons. The second-order valence-corrected chi connectivity index (χ2v) is 5.86. The quantitative estimate of drug-likeness (QED) is 0.805. The number of hydrogen-bond acceptors (Lipinski definition) is 5. The maximum atomic E-state index is 12.3. The van der Waals surface area contributed by atoms with Crippen molar-refractivity contribution in [1.29, 1.82) is 0 Å². The van der Waals surface area contributed by atoms with E-state index >= 15 is 0 Å². The van der Waals surface area contributed by atoms with Crippen molar-refractivity contribution in [2.75, 3.05) is 5.32 Å². The van der Waals surface area contributed by atoms with Crippen LogP contribution >= 0.6 is 11.3 Å². The maximum absolute atomic E-state index is 12.3. The number of nitrogens with one attached hydrogen (secondary N) is 1. The summed E-state index contributed by atoms with van der Waals surface area (Å²) in [6, 6.07) is 7.01. The minimum absolute atomic E-state index is 0.0914. The largest absolute Gasteiger partial charge is 0.366 e. The van der Waals surface area contributed by atoms with Gasteiger partial charge in [0.2, 0.25) is 5.91 Å². The topological polar surface area (TPSA) is 72.2 Å². The molecular weight excluding hydrogens is 300 g/mol. The third kappa shape index (κ3) is 2.65. The average Bonchev–Trinajstić information content (AvgIpc) is 3.04. The first kappa shape index (κ1) is 14.5. The lowest BCUT2D eigenvalue weighted by atomic mass is 10.0. The molecule has 0 aliphatic heterocycles. The molecule has 0 bridgehead atoms. The molecule has 3 rings (SSSR count). The Morgan fingerprint density at radius 3 is 2.86 bits per heavy atom. The summed E-state index contributed by atoms with van der Waals surface area (Å²) in [7, 11) is 0. The second-order valence-electron chi connectivity index (χ2n) is 5.08. The summed E-state index contributed by atoms with van der Waals surface area (Å²) in [4.78, 5) is 23.9. The molecule has 2 aromatic heterocycles. The van der Waals surface area contributed by atoms with Crippen LogP contribution in [0, 0.1) is 6.92 Å². The summed E-state index contributed by atoms with van der Waals surface area (Å²) >= 11 is 1.56. The first-order valence-electron chi connectivity index (χ1n) is 6.79. The standard InChI is InChI=1S/C16H14N2O3S/c1-9(11-5-6-22-8-11)15(19)17-12-3-4-13-14(7-12)10(2)18-21-16(13)20/h3-9H,1-2H3,(H,17,19). The fraction of sp³-hybridized carbons (Fsp3) is 0.188. The molecule has 2 heterocycles. The zero-order chi connectivity index (χ0) is 15.7. The first-order valence-corrected chi connectivity index (χ1v) is 7.74. The van der Waals surface area contributed by atoms with Gasteiger partial charge in [0.05, 0.1) is 17.0 Å². The van der Waals surface area contributed by atoms with Gasteiger partial charge in [0.15, 0.2) is 0 Å². The monoisotopic (exact) mass is 314 g/mol. The third-order valence-electron chi connectivity index (χ3n) is 3.60. The third-order valence-corrected chi connectivity index (χ3v) is 4.30. The minimum Gasteiger partial charge on any atom is -0.326 e. The number of anilines is 1. The Morgan fingerprint density at radius 1 is 1.32 bits per heavy atom. The maximum Gasteiger partial charge on any atom is 0.366 e. The Hall–Kier alpha value is -2.47. The number of carbonyl (C=O) groups is 1. The minimum atomic E-state index is -0.481. The highest BCUT2D eigenvalue weighted by molar-refractivity contribution is 7.08. The molecule has 6 heteroatoms. The number of nitrogens with zero attached hydrogens (tertiary/aromatic N) is 1. The van der Waals surface area contributed by atoms with E-state index in [0.29, 0.717) is 22.2 Å². The van der Waals surface area contributed by atoms with E-state index in [9.17, 15) is 9.59 Å². The van der Waals surface area contributed by atoms with Crippen LogP contribution < -0.4 is 10.9 Å². The van der Waals surface area contributed by atoms with Crippen LogP contribution in [0.2, 0.25) is 0 Å². The highest BCUT2D eigenvalue weighted by Gasteiger charge is 2.16. The SMILES string of the molecule is Cc1noc(=O)c2ccc(NC(=O)C(C)c3ccsc3)cc12. The van der Waals surface area contributed by atoms with Crippen molar-refractivity contribution in [2.24, 2.45) is 0 Å². The highest BCUT2D eigenvalue weighted by atomic mass is 32.1. The second kappa shape index (κ2) is 5.73. The molecule has 0 spiro atoms. The van der Waals surface area contributed by atoms with E-state index < -0.39 is 5.63 Å². The van der Waals surface area contributed by atoms with Crippen LogP contribution in [0.1, 0.15) is 24.1 Å². The molecule has 112 valence electrons. The normalized spacial score (nSPS) is 12.3. The van der Waals surface area contributed by atoms with Crippen LogP contribution in [0.3, 0.4) is 0 Å². The number of aromatic nitrogens is 1. The number of thiophene rings is 1. The summed E-state index contributed by atoms with van der Waals surface area (Å²) in [6.45, 7) is 3.62. The van der Waals surface area contributed by atoms with Gasteiger partial charge in [-0.25, -0.2) is 4.79 Å². The Bertz CT molecular complexity index is 884. The lowest BCUT2D eigenvalue weighted by molar-refractivity contribution is -0.117. The lowest BCUT2D eigenvalue weighted by Crippen LogP contribution is -2.18. The van der Waals surface area contributed by atoms with Crippen LogP contribution in [0.5, 0.6) is 0 Å². The Kier molecular flexibility index (Phi) is 3.77. The van der Waals surface area contributed by atoms with Gasteiger partial charge in [-0.1, -0.05) is 5.16 Å². The number of amides is 1. The van der Waals surface area contributed by atoms with E-state index in [1.54, 1.807) is 36.5 Å². The van der Waals surface area contributed by atoms with Gasteiger partial charge < -0.3 is 9.84 Å². The van der Waals surface area contributed by atoms with E-state index in [1.807, 2.05) is 23.8 Å². The molecule has 1 atom stereocenters. The van der Waals surface area contributed by atoms with Crippen molar-refractivity contribution in [1.82, 2.24) is 5.16 Å². The van der Waals surface area contributed by atoms with Crippen molar-refractivity contribution >= 4 is 33.7 Å². The Morgan fingerprint density at radius 2 is 2.14 bits per heavy atom. The van der Waals surface area contributed by atoms with Crippen molar-refractivity contribution in [2.45, 2.75) is 19.8 Å². The van der Waals surface area contributed by atoms with Gasteiger partial charge >= 0.3 is 5.63 Å². The van der Waals surface area contributed by atoms with Gasteiger partial charge in [0, 0.05) is 11.1 Å². The number of carbonyl (C=O) groups excluding carboxylic acids is 1. The van der Waals surface area contributed by atoms with E-state index in [0.717, 1.165) is 5.56 Å². The van der Waals surface area contributed by atoms with Crippen molar-refractivity contribution in [3.8, 4) is 0 Å². The fourth-order valence-corrected chi connectivity index (χ4v) is 2.98. The Balaban J connectivity index is 1.90. The number of hydrogen-bond donors (Lipinski definition) is 1. The molecule has 0 aliphatic carbocycles. The zero-order valence-corrected chi connectivity index (χ0v) is 12.9. The van der Waals surface area contributed by atoms with Gasteiger partial charge in [-0.15, -0.1) is 0 Å². The summed E-state index contributed by atoms with van der Waals surface area (Å²) in [5.74, 6) is -0.326. The molecule has 22 heavy (non-hydrogen) atoms. The average molecular weight is 314 g/mol. The molecule has 1 N–H and O–H groups in total. The van der Waals surface area contributed by atoms with Gasteiger partial charge in [-0.3, -0.25) is 4.79 Å². The molecule has 0 saturated heterocycles. The molecule has 3 aromatic rings. The van der Waals surface area contributed by atoms with Gasteiger partial charge in [-0.2, -0.15) is 11.3 Å². The predicted molar refractivity (Wildman–Crippen MR) is 86.4 cm³/mol. The van der Waals surface area contributed by atoms with Crippen molar-refractivity contribution in [3.63, 3.8) is 0 Å². The van der Waals surface area contributed by atoms with E-state index in [-0.39, 0.29) is 11.8 Å². The molecule has 5 nitrogen and oxygen atoms in total. The predicted octanol–water partition coefficient (Wildman–Crippen LogP) is 3.30. The van der Waals surface area contributed by atoms with Crippen LogP contribution in [0.15, 0.2) is 44.3 Å². The van der Waals surface area contributed by atoms with Crippen LogP contribution in [-0.2, 0) is 4.79 Å². The first-order chi connectivity index (χ1) is 10.6. The van der Waals surface area contributed by atoms with Gasteiger partial charge in [-0.05, 0) is 54.4 Å². The molecule has 0 saturated carbocycles. The van der Waals surface area contributed by atoms with Crippen molar-refractivity contribution in [3.05, 3.63) is 56.7 Å². The highest BCUT2D eigenvalue weighted by Crippen LogP contribution is 2.22. The molecule has 1 amide bonds. The van der Waals surface area contributed by atoms with E-state index in [4.69, 9.17) is 0 Å². The molecule has 0 aliphatic rings. The van der Waals surface area contributed by atoms with Crippen LogP contribution in [0.25, 0.3) is 10.8 Å². The van der Waals surface area contributed by atoms with Gasteiger partial charge in [0.1, 0.15) is 0 Å². The fourth-order valence-electron chi connectivity index (χ4n) is 2.23. The number of rotatable bonds is 3. The lowest BCUT2D eigenvalue weighted by Gasteiger charge is -2.11. The number of benzene rings is 1. The van der Waals surface area contributed by atoms with Crippen molar-refractivity contribution < 1.29 is 9.32 Å². The van der Waals surface area contributed by atoms with E-state index in [1.165, 1.54) is 0 Å². The smallest absolute Gasteiger partial charge is 0.326 e. The summed E-state index contributed by atoms with van der Waals surface area (Å²) in [5.41, 5.74) is 1.75. The van der Waals surface area contributed by atoms with Crippen LogP contribution in [0.4, 0.5) is 5.69 Å². The molecule has 1 aromatic carbocycles. The molecule has 0 fully saturated rings. The molecule has 1 unspecified atom stereocenters. The molecular formula is C16H14N2O3S. The van der Waals surface area contributed by atoms with Crippen LogP contribution in [-0.4, -0.2) is 11.1 Å². The number of fused-ring (bicyclic) bond motifs is 1. The van der Waals surface area contributed by atoms with E-state index in [2.05, 4.69) is 15.0 Å². The van der Waals surface area contributed by atoms with Gasteiger partial charge in [0.25, 0.3) is 0 Å². The summed E-state index contributed by atoms with van der Waals surface area (Å²) < 4.78 is 4.69. The Labute approximate surface area is 130 Å².